The monoisotopic (exact) mass is 640 g/mol. The van der Waals surface area contributed by atoms with Crippen LogP contribution in [0.4, 0.5) is 22.0 Å². The first-order chi connectivity index (χ1) is 17.5. The summed E-state index contributed by atoms with van der Waals surface area (Å²) in [5, 5.41) is -0.0563. The fourth-order valence-corrected chi connectivity index (χ4v) is 4.83. The van der Waals surface area contributed by atoms with Gasteiger partial charge in [0.05, 0.1) is 25.7 Å². The second-order valence-electron chi connectivity index (χ2n) is 10.8. The molecule has 1 aromatic rings. The zero-order chi connectivity index (χ0) is 30.3. The van der Waals surface area contributed by atoms with Gasteiger partial charge in [0.2, 0.25) is 0 Å². The van der Waals surface area contributed by atoms with Crippen molar-refractivity contribution in [2.45, 2.75) is 99.8 Å². The number of hydrogen-bond donors (Lipinski definition) is 0. The Morgan fingerprint density at radius 1 is 1.03 bits per heavy atom. The van der Waals surface area contributed by atoms with Crippen LogP contribution in [0.3, 0.4) is 0 Å². The predicted molar refractivity (Wildman–Crippen MR) is 148 cm³/mol. The lowest BCUT2D eigenvalue weighted by atomic mass is 10.1. The first-order valence-electron chi connectivity index (χ1n) is 12.3. The second-order valence-corrected chi connectivity index (χ2v) is 18.0. The van der Waals surface area contributed by atoms with Gasteiger partial charge in [0.15, 0.2) is 17.9 Å². The maximum atomic E-state index is 13.0. The zero-order valence-corrected chi connectivity index (χ0v) is 26.1. The number of rotatable bonds is 14. The van der Waals surface area contributed by atoms with Gasteiger partial charge >= 0.3 is 12.1 Å². The highest BCUT2D eigenvalue weighted by Gasteiger charge is 2.56. The van der Waals surface area contributed by atoms with Gasteiger partial charge < -0.3 is 13.9 Å². The van der Waals surface area contributed by atoms with Crippen molar-refractivity contribution in [2.75, 3.05) is 6.61 Å². The molecular weight excluding hydrogens is 606 g/mol. The van der Waals surface area contributed by atoms with Crippen molar-refractivity contribution in [3.63, 3.8) is 0 Å². The molecule has 0 spiro atoms. The third kappa shape index (κ3) is 13.1. The summed E-state index contributed by atoms with van der Waals surface area (Å²) >= 11 is 17.1. The number of alkyl halides is 8. The molecule has 0 unspecified atom stereocenters. The van der Waals surface area contributed by atoms with E-state index in [0.29, 0.717) is 5.75 Å². The van der Waals surface area contributed by atoms with E-state index in [1.165, 1.54) is 6.08 Å². The molecule has 0 amide bonds. The van der Waals surface area contributed by atoms with Crippen molar-refractivity contribution < 1.29 is 40.6 Å². The molecule has 0 heterocycles. The van der Waals surface area contributed by atoms with Crippen molar-refractivity contribution >= 4 is 48.9 Å². The Kier molecular flexibility index (Phi) is 13.3. The molecule has 1 rings (SSSR count). The molecule has 0 radical (unpaired) electrons. The molecule has 0 saturated heterocycles. The highest BCUT2D eigenvalue weighted by Crippen LogP contribution is 2.39. The van der Waals surface area contributed by atoms with Gasteiger partial charge in [0, 0.05) is 6.42 Å². The molecule has 0 aliphatic heterocycles. The van der Waals surface area contributed by atoms with Gasteiger partial charge in [-0.3, -0.25) is 4.79 Å². The molecule has 0 fully saturated rings. The Morgan fingerprint density at radius 2 is 1.59 bits per heavy atom. The average molecular weight is 642 g/mol. The lowest BCUT2D eigenvalue weighted by molar-refractivity contribution is -0.284. The minimum atomic E-state index is -5.58. The van der Waals surface area contributed by atoms with Gasteiger partial charge in [0.25, 0.3) is 0 Å². The minimum absolute atomic E-state index is 0.0563. The van der Waals surface area contributed by atoms with Gasteiger partial charge in [-0.15, -0.1) is 0 Å². The number of hydrogen-bond acceptors (Lipinski definition) is 4. The summed E-state index contributed by atoms with van der Waals surface area (Å²) in [5.41, 5.74) is 0.733. The Morgan fingerprint density at radius 3 is 2.08 bits per heavy atom. The predicted octanol–water partition coefficient (Wildman–Crippen LogP) is 9.22. The summed E-state index contributed by atoms with van der Waals surface area (Å²) in [4.78, 5) is 12.2. The smallest absolute Gasteiger partial charge is 0.453 e. The molecule has 224 valence electrons. The Hall–Kier alpha value is -0.913. The summed E-state index contributed by atoms with van der Waals surface area (Å²) in [6, 6.07) is 6.47. The molecule has 1 aromatic carbocycles. The van der Waals surface area contributed by atoms with E-state index in [2.05, 4.69) is 33.9 Å². The third-order valence-electron chi connectivity index (χ3n) is 6.28. The molecule has 0 bridgehead atoms. The number of allylic oxidation sites excluding steroid dienone is 1. The van der Waals surface area contributed by atoms with Gasteiger partial charge in [0.1, 0.15) is 11.9 Å². The Labute approximate surface area is 243 Å². The van der Waals surface area contributed by atoms with E-state index in [-0.39, 0.29) is 24.7 Å². The van der Waals surface area contributed by atoms with Crippen LogP contribution in [0, 0.1) is 0 Å². The van der Waals surface area contributed by atoms with E-state index in [1.54, 1.807) is 30.3 Å². The molecule has 0 N–H and O–H groups in total. The molecule has 0 aliphatic carbocycles. The highest BCUT2D eigenvalue weighted by molar-refractivity contribution is 6.74. The average Bonchev–Trinajstić information content (AvgIpc) is 2.74. The van der Waals surface area contributed by atoms with E-state index in [0.717, 1.165) is 5.56 Å². The summed E-state index contributed by atoms with van der Waals surface area (Å²) in [6.07, 6.45) is -5.82. The number of halogens is 8. The van der Waals surface area contributed by atoms with Gasteiger partial charge in [-0.2, -0.15) is 22.0 Å². The Balaban J connectivity index is 2.82. The number of carbonyl (C=O) groups is 1. The van der Waals surface area contributed by atoms with Crippen LogP contribution >= 0.6 is 34.8 Å². The minimum Gasteiger partial charge on any atom is -0.494 e. The van der Waals surface area contributed by atoms with Crippen LogP contribution in [-0.4, -0.2) is 48.8 Å². The summed E-state index contributed by atoms with van der Waals surface area (Å²) < 4.78 is 78.8. The quantitative estimate of drug-likeness (QED) is 0.0668. The summed E-state index contributed by atoms with van der Waals surface area (Å²) in [5.74, 6) is -4.82. The topological polar surface area (TPSA) is 44.8 Å². The lowest BCUT2D eigenvalue weighted by Crippen LogP contribution is -2.46. The van der Waals surface area contributed by atoms with Crippen LogP contribution in [-0.2, 0) is 20.6 Å². The largest absolute Gasteiger partial charge is 0.494 e. The molecule has 0 aliphatic rings. The first kappa shape index (κ1) is 36.1. The van der Waals surface area contributed by atoms with E-state index < -0.39 is 55.0 Å². The van der Waals surface area contributed by atoms with Crippen LogP contribution in [0.2, 0.25) is 18.1 Å². The van der Waals surface area contributed by atoms with Crippen molar-refractivity contribution in [2.24, 2.45) is 0 Å². The van der Waals surface area contributed by atoms with Crippen LogP contribution in [0.5, 0.6) is 5.75 Å². The number of ether oxygens (including phenoxy) is 2. The normalized spacial score (nSPS) is 15.4. The molecular formula is C26H36Cl3F5O4Si. The third-order valence-corrected chi connectivity index (χ3v) is 11.3. The molecule has 4 nitrogen and oxygen atoms in total. The second kappa shape index (κ2) is 14.3. The first-order valence-corrected chi connectivity index (χ1v) is 16.3. The molecule has 13 heteroatoms. The maximum Gasteiger partial charge on any atom is 0.453 e. The lowest BCUT2D eigenvalue weighted by Gasteiger charge is -2.39. The number of benzene rings is 1. The highest BCUT2D eigenvalue weighted by atomic mass is 35.6. The molecule has 2 atom stereocenters. The molecule has 39 heavy (non-hydrogen) atoms. The maximum absolute atomic E-state index is 13.0. The van der Waals surface area contributed by atoms with Crippen molar-refractivity contribution in [3.8, 4) is 5.75 Å². The standard InChI is InChI=1S/C26H36Cl3F5O4Si/c1-18(38-39(5,6)23(2,3)4)22(13-10-20(35)16-25(27,28)29)37-17-19-8-11-21(12-9-19)36-15-7-14-24(30,31)26(32,33)34/h8-13,18,22H,7,14-17H2,1-6H3/b13-10+/t18-,22-/m1/s1. The fourth-order valence-electron chi connectivity index (χ4n) is 3.02. The van der Waals surface area contributed by atoms with E-state index in [1.807, 2.05) is 6.92 Å². The summed E-state index contributed by atoms with van der Waals surface area (Å²) in [6.45, 7) is 12.2. The SMILES string of the molecule is C[C@@H](O[Si](C)(C)C(C)(C)C)[C@@H](/C=C/C(=O)CC(Cl)(Cl)Cl)OCc1ccc(OCCCC(F)(F)C(F)(F)F)cc1. The fraction of sp³-hybridized carbons (Fsp3) is 0.654. The van der Waals surface area contributed by atoms with Crippen LogP contribution in [0.15, 0.2) is 36.4 Å². The van der Waals surface area contributed by atoms with Gasteiger partial charge in [-0.05, 0) is 61.3 Å². The number of carbonyl (C=O) groups excluding carboxylic acids is 1. The van der Waals surface area contributed by atoms with Crippen molar-refractivity contribution in [1.29, 1.82) is 0 Å². The van der Waals surface area contributed by atoms with Crippen LogP contribution in [0.25, 0.3) is 0 Å². The Bertz CT molecular complexity index is 943. The van der Waals surface area contributed by atoms with E-state index in [9.17, 15) is 26.7 Å². The summed E-state index contributed by atoms with van der Waals surface area (Å²) in [7, 11) is -2.17. The van der Waals surface area contributed by atoms with Gasteiger partial charge in [-0.25, -0.2) is 0 Å². The van der Waals surface area contributed by atoms with E-state index in [4.69, 9.17) is 48.7 Å². The van der Waals surface area contributed by atoms with Crippen LogP contribution < -0.4 is 4.74 Å². The van der Waals surface area contributed by atoms with E-state index >= 15 is 0 Å². The van der Waals surface area contributed by atoms with Gasteiger partial charge in [-0.1, -0.05) is 67.7 Å². The van der Waals surface area contributed by atoms with Crippen molar-refractivity contribution in [3.05, 3.63) is 42.0 Å². The zero-order valence-electron chi connectivity index (χ0n) is 22.8. The molecule has 0 saturated carbocycles. The molecule has 0 aromatic heterocycles. The van der Waals surface area contributed by atoms with Crippen LogP contribution in [0.1, 0.15) is 52.5 Å². The van der Waals surface area contributed by atoms with Crippen molar-refractivity contribution in [1.82, 2.24) is 0 Å². The number of ketones is 1.